The highest BCUT2D eigenvalue weighted by molar-refractivity contribution is 5.89. The van der Waals surface area contributed by atoms with E-state index in [1.54, 1.807) is 0 Å². The first kappa shape index (κ1) is 16.0. The maximum Gasteiger partial charge on any atom is 0.337 e. The summed E-state index contributed by atoms with van der Waals surface area (Å²) < 4.78 is 4.79. The van der Waals surface area contributed by atoms with Gasteiger partial charge in [-0.2, -0.15) is 0 Å². The van der Waals surface area contributed by atoms with E-state index in [4.69, 9.17) is 4.74 Å². The molecule has 21 heavy (non-hydrogen) atoms. The second-order valence-electron chi connectivity index (χ2n) is 5.70. The molecule has 116 valence electrons. The molecule has 4 nitrogen and oxygen atoms in total. The fourth-order valence-corrected chi connectivity index (χ4v) is 3.06. The van der Waals surface area contributed by atoms with Crippen molar-refractivity contribution in [2.45, 2.75) is 38.3 Å². The number of likely N-dealkylation sites (tertiary alicyclic amines) is 1. The molecule has 1 aromatic carbocycles. The molecule has 1 heterocycles. The van der Waals surface area contributed by atoms with Gasteiger partial charge in [-0.05, 0) is 57.1 Å². The molecule has 1 aliphatic rings. The molecule has 0 radical (unpaired) electrons. The molecular weight excluding hydrogens is 264 g/mol. The van der Waals surface area contributed by atoms with Gasteiger partial charge in [0.1, 0.15) is 0 Å². The molecule has 0 bridgehead atoms. The van der Waals surface area contributed by atoms with E-state index in [2.05, 4.69) is 16.3 Å². The topological polar surface area (TPSA) is 41.6 Å². The Morgan fingerprint density at radius 3 is 3.05 bits per heavy atom. The van der Waals surface area contributed by atoms with Gasteiger partial charge in [0.15, 0.2) is 0 Å². The monoisotopic (exact) mass is 290 g/mol. The zero-order chi connectivity index (χ0) is 15.1. The number of carbonyl (C=O) groups excluding carboxylic acids is 1. The molecule has 1 aliphatic heterocycles. The third-order valence-electron chi connectivity index (χ3n) is 4.21. The molecule has 0 spiro atoms. The average molecular weight is 290 g/mol. The second-order valence-corrected chi connectivity index (χ2v) is 5.70. The lowest BCUT2D eigenvalue weighted by molar-refractivity contribution is 0.0600. The molecule has 0 saturated carbocycles. The highest BCUT2D eigenvalue weighted by Gasteiger charge is 2.22. The van der Waals surface area contributed by atoms with Gasteiger partial charge in [-0.25, -0.2) is 4.79 Å². The Hall–Kier alpha value is -1.39. The Morgan fingerprint density at radius 1 is 1.43 bits per heavy atom. The predicted molar refractivity (Wildman–Crippen MR) is 84.4 cm³/mol. The molecule has 0 amide bonds. The van der Waals surface area contributed by atoms with Crippen molar-refractivity contribution in [3.05, 3.63) is 35.4 Å². The largest absolute Gasteiger partial charge is 0.465 e. The minimum Gasteiger partial charge on any atom is -0.465 e. The van der Waals surface area contributed by atoms with Crippen LogP contribution in [0.5, 0.6) is 0 Å². The van der Waals surface area contributed by atoms with Crippen molar-refractivity contribution in [1.82, 2.24) is 10.2 Å². The molecule has 2 rings (SSSR count). The Kier molecular flexibility index (Phi) is 6.21. The third kappa shape index (κ3) is 4.55. The molecule has 1 atom stereocenters. The second kappa shape index (κ2) is 8.15. The van der Waals surface area contributed by atoms with Gasteiger partial charge in [0.2, 0.25) is 0 Å². The lowest BCUT2D eigenvalue weighted by atomic mass is 9.98. The summed E-state index contributed by atoms with van der Waals surface area (Å²) in [5, 5.41) is 3.24. The molecule has 4 heteroatoms. The number of hydrogen-bond acceptors (Lipinski definition) is 4. The quantitative estimate of drug-likeness (QED) is 0.817. The summed E-state index contributed by atoms with van der Waals surface area (Å²) in [6, 6.07) is 8.44. The molecule has 1 aromatic rings. The van der Waals surface area contributed by atoms with E-state index in [1.165, 1.54) is 38.4 Å². The highest BCUT2D eigenvalue weighted by atomic mass is 16.5. The van der Waals surface area contributed by atoms with Crippen molar-refractivity contribution < 1.29 is 9.53 Å². The van der Waals surface area contributed by atoms with E-state index in [0.717, 1.165) is 19.6 Å². The number of esters is 1. The van der Waals surface area contributed by atoms with Gasteiger partial charge in [0.25, 0.3) is 0 Å². The number of ether oxygens (including phenoxy) is 1. The summed E-state index contributed by atoms with van der Waals surface area (Å²) in [5.41, 5.74) is 1.83. The van der Waals surface area contributed by atoms with Crippen molar-refractivity contribution in [2.75, 3.05) is 27.2 Å². The number of piperidine rings is 1. The van der Waals surface area contributed by atoms with Crippen LogP contribution in [0.4, 0.5) is 0 Å². The van der Waals surface area contributed by atoms with Crippen LogP contribution in [0.2, 0.25) is 0 Å². The lowest BCUT2D eigenvalue weighted by Gasteiger charge is -2.36. The summed E-state index contributed by atoms with van der Waals surface area (Å²) >= 11 is 0. The first-order chi connectivity index (χ1) is 10.2. The third-order valence-corrected chi connectivity index (χ3v) is 4.21. The first-order valence-electron chi connectivity index (χ1n) is 7.80. The number of benzene rings is 1. The zero-order valence-corrected chi connectivity index (χ0v) is 13.1. The standard InChI is InChI=1S/C17H26N2O2/c1-18-10-9-16-8-3-4-11-19(16)13-14-6-5-7-15(12-14)17(20)21-2/h5-7,12,16,18H,3-4,8-11,13H2,1-2H3. The Morgan fingerprint density at radius 2 is 2.29 bits per heavy atom. The number of nitrogens with zero attached hydrogens (tertiary/aromatic N) is 1. The van der Waals surface area contributed by atoms with Crippen molar-refractivity contribution >= 4 is 5.97 Å². The van der Waals surface area contributed by atoms with Crippen LogP contribution >= 0.6 is 0 Å². The van der Waals surface area contributed by atoms with Gasteiger partial charge in [0, 0.05) is 12.6 Å². The molecule has 1 N–H and O–H groups in total. The van der Waals surface area contributed by atoms with Gasteiger partial charge in [0.05, 0.1) is 12.7 Å². The Bertz CT molecular complexity index is 462. The van der Waals surface area contributed by atoms with Crippen LogP contribution in [-0.2, 0) is 11.3 Å². The summed E-state index contributed by atoms with van der Waals surface area (Å²) in [4.78, 5) is 14.2. The smallest absolute Gasteiger partial charge is 0.337 e. The van der Waals surface area contributed by atoms with E-state index in [0.29, 0.717) is 11.6 Å². The summed E-state index contributed by atoms with van der Waals surface area (Å²) in [6.07, 6.45) is 5.06. The molecule has 1 saturated heterocycles. The van der Waals surface area contributed by atoms with E-state index in [1.807, 2.05) is 25.2 Å². The number of methoxy groups -OCH3 is 1. The summed E-state index contributed by atoms with van der Waals surface area (Å²) in [7, 11) is 3.43. The Balaban J connectivity index is 2.03. The average Bonchev–Trinajstić information content (AvgIpc) is 2.53. The van der Waals surface area contributed by atoms with Gasteiger partial charge >= 0.3 is 5.97 Å². The fraction of sp³-hybridized carbons (Fsp3) is 0.588. The summed E-state index contributed by atoms with van der Waals surface area (Å²) in [6.45, 7) is 3.12. The molecular formula is C17H26N2O2. The predicted octanol–water partition coefficient (Wildman–Crippen LogP) is 2.44. The maximum atomic E-state index is 11.6. The number of hydrogen-bond donors (Lipinski definition) is 1. The minimum absolute atomic E-state index is 0.262. The molecule has 0 aromatic heterocycles. The van der Waals surface area contributed by atoms with E-state index >= 15 is 0 Å². The zero-order valence-electron chi connectivity index (χ0n) is 13.1. The van der Waals surface area contributed by atoms with Gasteiger partial charge < -0.3 is 10.1 Å². The molecule has 1 unspecified atom stereocenters. The Labute approximate surface area is 127 Å². The van der Waals surface area contributed by atoms with Crippen LogP contribution in [0.3, 0.4) is 0 Å². The van der Waals surface area contributed by atoms with Gasteiger partial charge in [-0.3, -0.25) is 4.90 Å². The van der Waals surface area contributed by atoms with Gasteiger partial charge in [-0.15, -0.1) is 0 Å². The van der Waals surface area contributed by atoms with E-state index in [-0.39, 0.29) is 5.97 Å². The number of nitrogens with one attached hydrogen (secondary N) is 1. The van der Waals surface area contributed by atoms with Crippen LogP contribution in [0, 0.1) is 0 Å². The highest BCUT2D eigenvalue weighted by Crippen LogP contribution is 2.22. The van der Waals surface area contributed by atoms with Crippen molar-refractivity contribution in [3.63, 3.8) is 0 Å². The van der Waals surface area contributed by atoms with Crippen molar-refractivity contribution in [3.8, 4) is 0 Å². The van der Waals surface area contributed by atoms with Crippen LogP contribution in [0.25, 0.3) is 0 Å². The van der Waals surface area contributed by atoms with Crippen LogP contribution in [-0.4, -0.2) is 44.2 Å². The van der Waals surface area contributed by atoms with Crippen molar-refractivity contribution in [1.29, 1.82) is 0 Å². The fourth-order valence-electron chi connectivity index (χ4n) is 3.06. The summed E-state index contributed by atoms with van der Waals surface area (Å²) in [5.74, 6) is -0.262. The SMILES string of the molecule is CNCCC1CCCCN1Cc1cccc(C(=O)OC)c1. The van der Waals surface area contributed by atoms with Crippen LogP contribution in [0.1, 0.15) is 41.6 Å². The van der Waals surface area contributed by atoms with E-state index < -0.39 is 0 Å². The van der Waals surface area contributed by atoms with E-state index in [9.17, 15) is 4.79 Å². The first-order valence-corrected chi connectivity index (χ1v) is 7.80. The van der Waals surface area contributed by atoms with Crippen LogP contribution in [0.15, 0.2) is 24.3 Å². The van der Waals surface area contributed by atoms with Crippen molar-refractivity contribution in [2.24, 2.45) is 0 Å². The van der Waals surface area contributed by atoms with Gasteiger partial charge in [-0.1, -0.05) is 18.6 Å². The molecule has 0 aliphatic carbocycles. The normalized spacial score (nSPS) is 19.4. The number of carbonyl (C=O) groups is 1. The minimum atomic E-state index is -0.262. The maximum absolute atomic E-state index is 11.6. The number of rotatable bonds is 6. The lowest BCUT2D eigenvalue weighted by Crippen LogP contribution is -2.40. The van der Waals surface area contributed by atoms with Crippen LogP contribution < -0.4 is 5.32 Å². The molecule has 1 fully saturated rings.